The van der Waals surface area contributed by atoms with Crippen molar-refractivity contribution in [2.24, 2.45) is 0 Å². The molecule has 0 saturated carbocycles. The van der Waals surface area contributed by atoms with E-state index in [1.165, 1.54) is 17.8 Å². The summed E-state index contributed by atoms with van der Waals surface area (Å²) in [7, 11) is 4.33. The summed E-state index contributed by atoms with van der Waals surface area (Å²) in [4.78, 5) is 2.33. The monoisotopic (exact) mass is 189 g/mol. The van der Waals surface area contributed by atoms with Gasteiger partial charge in [-0.3, -0.25) is 9.48 Å². The molecule has 1 aliphatic heterocycles. The van der Waals surface area contributed by atoms with Crippen molar-refractivity contribution in [3.05, 3.63) is 35.9 Å². The summed E-state index contributed by atoms with van der Waals surface area (Å²) >= 11 is 0. The largest absolute Gasteiger partial charge is 0.278 e. The summed E-state index contributed by atoms with van der Waals surface area (Å²) in [6.07, 6.45) is 1.25. The van der Waals surface area contributed by atoms with E-state index in [1.807, 2.05) is 0 Å². The van der Waals surface area contributed by atoms with Gasteiger partial charge < -0.3 is 0 Å². The highest BCUT2D eigenvalue weighted by Gasteiger charge is 2.23. The minimum absolute atomic E-state index is 1.16. The molecular formula is C12H17N2+. The second kappa shape index (κ2) is 3.82. The molecule has 0 N–H and O–H groups in total. The van der Waals surface area contributed by atoms with Gasteiger partial charge in [-0.25, -0.2) is 0 Å². The van der Waals surface area contributed by atoms with E-state index in [0.29, 0.717) is 0 Å². The molecule has 1 aromatic rings. The fraction of sp³-hybridized carbons (Fsp3) is 0.417. The Morgan fingerprint density at radius 3 is 2.57 bits per heavy atom. The standard InChI is InChI=1S/C12H17N2/c1-13-9-6-10-14(2)12(13)11-7-4-3-5-8-11/h3-5,7-8H,6,9-10H2,1-2H3/q+1. The van der Waals surface area contributed by atoms with Crippen molar-refractivity contribution in [1.29, 1.82) is 0 Å². The zero-order valence-electron chi connectivity index (χ0n) is 8.90. The van der Waals surface area contributed by atoms with Crippen LogP contribution in [0.2, 0.25) is 0 Å². The average Bonchev–Trinajstić information content (AvgIpc) is 2.19. The molecule has 0 fully saturated rings. The third-order valence-corrected chi connectivity index (χ3v) is 2.74. The van der Waals surface area contributed by atoms with Crippen molar-refractivity contribution in [1.82, 2.24) is 4.90 Å². The summed E-state index contributed by atoms with van der Waals surface area (Å²) in [5.41, 5.74) is 1.32. The van der Waals surface area contributed by atoms with Gasteiger partial charge in [0.25, 0.3) is 5.84 Å². The summed E-state index contributed by atoms with van der Waals surface area (Å²) in [6, 6.07) is 10.6. The smallest absolute Gasteiger partial charge is 0.264 e. The Balaban J connectivity index is 2.41. The van der Waals surface area contributed by atoms with Crippen LogP contribution in [0.15, 0.2) is 30.3 Å². The molecule has 1 aromatic carbocycles. The van der Waals surface area contributed by atoms with Crippen LogP contribution >= 0.6 is 0 Å². The van der Waals surface area contributed by atoms with Crippen LogP contribution in [0.4, 0.5) is 0 Å². The summed E-state index contributed by atoms with van der Waals surface area (Å²) in [5, 5.41) is 0. The first-order valence-corrected chi connectivity index (χ1v) is 5.13. The Bertz CT molecular complexity index is 341. The number of nitrogens with zero attached hydrogens (tertiary/aromatic N) is 2. The molecule has 0 unspecified atom stereocenters. The van der Waals surface area contributed by atoms with E-state index in [1.54, 1.807) is 0 Å². The van der Waals surface area contributed by atoms with E-state index in [4.69, 9.17) is 0 Å². The minimum Gasteiger partial charge on any atom is -0.264 e. The fourth-order valence-corrected chi connectivity index (χ4v) is 2.08. The van der Waals surface area contributed by atoms with Crippen LogP contribution < -0.4 is 0 Å². The molecule has 0 bridgehead atoms. The van der Waals surface area contributed by atoms with Crippen LogP contribution in [0.25, 0.3) is 0 Å². The highest BCUT2D eigenvalue weighted by Crippen LogP contribution is 2.08. The Morgan fingerprint density at radius 2 is 1.93 bits per heavy atom. The third kappa shape index (κ3) is 1.65. The van der Waals surface area contributed by atoms with Crippen molar-refractivity contribution in [2.45, 2.75) is 6.42 Å². The van der Waals surface area contributed by atoms with E-state index in [9.17, 15) is 0 Å². The van der Waals surface area contributed by atoms with Crippen LogP contribution in [0.5, 0.6) is 0 Å². The quantitative estimate of drug-likeness (QED) is 0.605. The number of benzene rings is 1. The number of hydrogen-bond acceptors (Lipinski definition) is 1. The highest BCUT2D eigenvalue weighted by atomic mass is 15.2. The summed E-state index contributed by atoms with van der Waals surface area (Å²) in [6.45, 7) is 2.32. The lowest BCUT2D eigenvalue weighted by Crippen LogP contribution is -2.41. The number of amidine groups is 1. The van der Waals surface area contributed by atoms with Gasteiger partial charge in [0.05, 0.1) is 32.7 Å². The lowest BCUT2D eigenvalue weighted by Gasteiger charge is -2.22. The lowest BCUT2D eigenvalue weighted by molar-refractivity contribution is -0.507. The topological polar surface area (TPSA) is 6.25 Å². The molecule has 74 valence electrons. The first kappa shape index (κ1) is 9.25. The molecule has 2 nitrogen and oxygen atoms in total. The highest BCUT2D eigenvalue weighted by molar-refractivity contribution is 5.94. The molecule has 0 aliphatic carbocycles. The predicted octanol–water partition coefficient (Wildman–Crippen LogP) is 1.41. The molecule has 0 saturated heterocycles. The van der Waals surface area contributed by atoms with E-state index < -0.39 is 0 Å². The second-order valence-corrected chi connectivity index (χ2v) is 3.89. The summed E-state index contributed by atoms with van der Waals surface area (Å²) in [5.74, 6) is 1.34. The van der Waals surface area contributed by atoms with Gasteiger partial charge in [-0.2, -0.15) is 0 Å². The predicted molar refractivity (Wildman–Crippen MR) is 58.8 cm³/mol. The molecule has 0 spiro atoms. The minimum atomic E-state index is 1.16. The first-order chi connectivity index (χ1) is 6.79. The van der Waals surface area contributed by atoms with Gasteiger partial charge >= 0.3 is 0 Å². The Morgan fingerprint density at radius 1 is 1.21 bits per heavy atom. The third-order valence-electron chi connectivity index (χ3n) is 2.74. The van der Waals surface area contributed by atoms with Crippen molar-refractivity contribution < 1.29 is 4.58 Å². The molecule has 1 aliphatic rings. The van der Waals surface area contributed by atoms with Gasteiger partial charge in [0.1, 0.15) is 0 Å². The summed E-state index contributed by atoms with van der Waals surface area (Å²) < 4.78 is 2.33. The van der Waals surface area contributed by atoms with Crippen molar-refractivity contribution in [3.8, 4) is 0 Å². The maximum absolute atomic E-state index is 2.33. The Hall–Kier alpha value is -1.31. The maximum Gasteiger partial charge on any atom is 0.278 e. The molecule has 14 heavy (non-hydrogen) atoms. The van der Waals surface area contributed by atoms with Gasteiger partial charge in [0.15, 0.2) is 0 Å². The number of hydrogen-bond donors (Lipinski definition) is 0. The number of rotatable bonds is 1. The molecule has 0 amide bonds. The van der Waals surface area contributed by atoms with E-state index in [0.717, 1.165) is 13.1 Å². The first-order valence-electron chi connectivity index (χ1n) is 5.13. The van der Waals surface area contributed by atoms with Gasteiger partial charge in [-0.15, -0.1) is 0 Å². The molecule has 1 heterocycles. The molecule has 0 radical (unpaired) electrons. The Labute approximate surface area is 85.5 Å². The van der Waals surface area contributed by atoms with Gasteiger partial charge in [0.2, 0.25) is 0 Å². The Kier molecular flexibility index (Phi) is 2.53. The molecule has 2 rings (SSSR count). The normalized spacial score (nSPS) is 17.4. The van der Waals surface area contributed by atoms with Crippen molar-refractivity contribution in [2.75, 3.05) is 27.2 Å². The SMILES string of the molecule is CN1CCC[N+](C)=C1c1ccccc1. The average molecular weight is 189 g/mol. The molecular weight excluding hydrogens is 172 g/mol. The van der Waals surface area contributed by atoms with E-state index in [2.05, 4.69) is 53.9 Å². The van der Waals surface area contributed by atoms with Gasteiger partial charge in [0, 0.05) is 6.42 Å². The van der Waals surface area contributed by atoms with Gasteiger partial charge in [-0.05, 0) is 12.1 Å². The lowest BCUT2D eigenvalue weighted by atomic mass is 10.1. The van der Waals surface area contributed by atoms with E-state index in [-0.39, 0.29) is 0 Å². The molecule has 2 heteroatoms. The maximum atomic E-state index is 2.33. The van der Waals surface area contributed by atoms with Crippen LogP contribution in [0.3, 0.4) is 0 Å². The van der Waals surface area contributed by atoms with Crippen LogP contribution in [0, 0.1) is 0 Å². The van der Waals surface area contributed by atoms with Crippen LogP contribution in [0.1, 0.15) is 12.0 Å². The zero-order chi connectivity index (χ0) is 9.97. The zero-order valence-corrected chi connectivity index (χ0v) is 8.90. The van der Waals surface area contributed by atoms with Crippen molar-refractivity contribution >= 4 is 5.84 Å². The molecule has 0 aromatic heterocycles. The van der Waals surface area contributed by atoms with Crippen molar-refractivity contribution in [3.63, 3.8) is 0 Å². The fourth-order valence-electron chi connectivity index (χ4n) is 2.08. The van der Waals surface area contributed by atoms with Crippen LogP contribution in [-0.4, -0.2) is 42.5 Å². The van der Waals surface area contributed by atoms with E-state index >= 15 is 0 Å². The second-order valence-electron chi connectivity index (χ2n) is 3.89. The van der Waals surface area contributed by atoms with Gasteiger partial charge in [-0.1, -0.05) is 18.2 Å². The van der Waals surface area contributed by atoms with Crippen LogP contribution in [-0.2, 0) is 0 Å². The molecule has 0 atom stereocenters.